The molecule has 0 bridgehead atoms. The topological polar surface area (TPSA) is 74.1 Å². The summed E-state index contributed by atoms with van der Waals surface area (Å²) in [5.41, 5.74) is 4.35. The monoisotopic (exact) mass is 422 g/mol. The van der Waals surface area contributed by atoms with Gasteiger partial charge in [0.05, 0.1) is 21.4 Å². The second kappa shape index (κ2) is 7.05. The molecule has 0 saturated carbocycles. The fourth-order valence-electron chi connectivity index (χ4n) is 3.17. The van der Waals surface area contributed by atoms with Crippen LogP contribution < -0.4 is 10.2 Å². The van der Waals surface area contributed by atoms with E-state index in [4.69, 9.17) is 27.9 Å². The van der Waals surface area contributed by atoms with E-state index in [9.17, 15) is 10.2 Å². The number of nitrogens with one attached hydrogen (secondary N) is 1. The smallest absolute Gasteiger partial charge is 0.201 e. The van der Waals surface area contributed by atoms with Gasteiger partial charge in [-0.25, -0.2) is 0 Å². The Labute approximate surface area is 174 Å². The van der Waals surface area contributed by atoms with E-state index in [-0.39, 0.29) is 22.7 Å². The van der Waals surface area contributed by atoms with E-state index in [0.717, 1.165) is 0 Å². The van der Waals surface area contributed by atoms with Crippen molar-refractivity contribution in [2.45, 2.75) is 52.1 Å². The number of hydrazone groups is 1. The van der Waals surface area contributed by atoms with Crippen molar-refractivity contribution in [2.24, 2.45) is 5.10 Å². The van der Waals surface area contributed by atoms with Crippen molar-refractivity contribution in [1.29, 1.82) is 0 Å². The Morgan fingerprint density at radius 3 is 2.29 bits per heavy atom. The first-order valence-corrected chi connectivity index (χ1v) is 9.72. The summed E-state index contributed by atoms with van der Waals surface area (Å²) < 4.78 is 5.96. The molecule has 3 N–H and O–H groups in total. The molecule has 1 heterocycles. The van der Waals surface area contributed by atoms with Gasteiger partial charge in [-0.15, -0.1) is 0 Å². The zero-order valence-electron chi connectivity index (χ0n) is 16.5. The molecule has 150 valence electrons. The van der Waals surface area contributed by atoms with Crippen LogP contribution in [0, 0.1) is 0 Å². The molecule has 0 aliphatic carbocycles. The number of ether oxygens (including phenoxy) is 1. The number of benzene rings is 2. The van der Waals surface area contributed by atoms with E-state index in [0.29, 0.717) is 39.0 Å². The first kappa shape index (κ1) is 20.6. The summed E-state index contributed by atoms with van der Waals surface area (Å²) in [6, 6.07) is 7.01. The van der Waals surface area contributed by atoms with Crippen molar-refractivity contribution < 1.29 is 14.9 Å². The normalized spacial score (nSPS) is 17.2. The summed E-state index contributed by atoms with van der Waals surface area (Å²) in [5.74, 6) is -0.239. The van der Waals surface area contributed by atoms with Crippen molar-refractivity contribution in [3.05, 3.63) is 45.4 Å². The zero-order valence-corrected chi connectivity index (χ0v) is 18.0. The predicted octanol–water partition coefficient (Wildman–Crippen LogP) is 6.08. The fourth-order valence-corrected chi connectivity index (χ4v) is 3.65. The second-order valence-corrected chi connectivity index (χ2v) is 9.37. The molecule has 2 aromatic carbocycles. The van der Waals surface area contributed by atoms with Gasteiger partial charge < -0.3 is 14.9 Å². The van der Waals surface area contributed by atoms with Crippen LogP contribution in [0.25, 0.3) is 0 Å². The molecular weight excluding hydrogens is 399 g/mol. The number of para-hydroxylation sites is 1. The van der Waals surface area contributed by atoms with Gasteiger partial charge in [-0.1, -0.05) is 50.0 Å². The second-order valence-electron chi connectivity index (χ2n) is 8.55. The van der Waals surface area contributed by atoms with Crippen molar-refractivity contribution >= 4 is 34.6 Å². The zero-order chi connectivity index (χ0) is 20.9. The maximum Gasteiger partial charge on any atom is 0.201 e. The lowest BCUT2D eigenvalue weighted by Gasteiger charge is -2.35. The standard InChI is InChI=1S/C21H24Cl2N2O3/c1-20(2,3)12-9-11-15(24-25-16-13(22)7-6-8-14(16)23)10-21(4,5)28-19(11)18(27)17(12)26/h6-9,25-27H,10H2,1-5H3/b24-15-. The highest BCUT2D eigenvalue weighted by Crippen LogP contribution is 2.49. The molecule has 0 spiro atoms. The molecule has 3 rings (SSSR count). The lowest BCUT2D eigenvalue weighted by Crippen LogP contribution is -2.37. The Morgan fingerprint density at radius 1 is 1.11 bits per heavy atom. The Bertz CT molecular complexity index is 943. The van der Waals surface area contributed by atoms with Crippen LogP contribution in [-0.4, -0.2) is 21.5 Å². The van der Waals surface area contributed by atoms with Gasteiger partial charge in [0, 0.05) is 17.5 Å². The Hall–Kier alpha value is -2.11. The number of phenolic OH excluding ortho intramolecular Hbond substituents is 2. The SMILES string of the molecule is CC1(C)C/C(=N/Nc2c(Cl)cccc2Cl)c2cc(C(C)(C)C)c(O)c(O)c2O1. The number of hydrogen-bond donors (Lipinski definition) is 3. The van der Waals surface area contributed by atoms with Gasteiger partial charge in [0.25, 0.3) is 0 Å². The molecule has 0 radical (unpaired) electrons. The molecule has 0 amide bonds. The van der Waals surface area contributed by atoms with Crippen LogP contribution in [-0.2, 0) is 5.41 Å². The summed E-state index contributed by atoms with van der Waals surface area (Å²) in [4.78, 5) is 0. The minimum absolute atomic E-state index is 0.176. The van der Waals surface area contributed by atoms with Gasteiger partial charge in [0.15, 0.2) is 11.5 Å². The number of nitrogens with zero attached hydrogens (tertiary/aromatic N) is 1. The Morgan fingerprint density at radius 2 is 1.71 bits per heavy atom. The molecule has 2 aromatic rings. The summed E-state index contributed by atoms with van der Waals surface area (Å²) in [7, 11) is 0. The first-order chi connectivity index (χ1) is 12.9. The number of anilines is 1. The molecule has 28 heavy (non-hydrogen) atoms. The lowest BCUT2D eigenvalue weighted by molar-refractivity contribution is 0.106. The largest absolute Gasteiger partial charge is 0.504 e. The van der Waals surface area contributed by atoms with Gasteiger partial charge in [-0.2, -0.15) is 5.10 Å². The average Bonchev–Trinajstić information content (AvgIpc) is 2.56. The first-order valence-electron chi connectivity index (χ1n) is 8.96. The highest BCUT2D eigenvalue weighted by atomic mass is 35.5. The minimum Gasteiger partial charge on any atom is -0.504 e. The van der Waals surface area contributed by atoms with E-state index in [1.54, 1.807) is 18.2 Å². The summed E-state index contributed by atoms with van der Waals surface area (Å²) in [6.07, 6.45) is 0.489. The van der Waals surface area contributed by atoms with Crippen LogP contribution >= 0.6 is 23.2 Å². The highest BCUT2D eigenvalue weighted by molar-refractivity contribution is 6.39. The predicted molar refractivity (Wildman–Crippen MR) is 114 cm³/mol. The molecule has 7 heteroatoms. The molecule has 5 nitrogen and oxygen atoms in total. The maximum atomic E-state index is 10.6. The van der Waals surface area contributed by atoms with Crippen LogP contribution in [0.5, 0.6) is 17.2 Å². The Kier molecular flexibility index (Phi) is 5.19. The molecule has 0 atom stereocenters. The fraction of sp³-hybridized carbons (Fsp3) is 0.381. The molecule has 0 aromatic heterocycles. The lowest BCUT2D eigenvalue weighted by atomic mass is 9.82. The van der Waals surface area contributed by atoms with Gasteiger partial charge in [0.1, 0.15) is 5.60 Å². The summed E-state index contributed by atoms with van der Waals surface area (Å²) in [5, 5.41) is 26.6. The molecule has 0 fully saturated rings. The van der Waals surface area contributed by atoms with Crippen molar-refractivity contribution in [1.82, 2.24) is 0 Å². The third kappa shape index (κ3) is 3.87. The van der Waals surface area contributed by atoms with Crippen LogP contribution in [0.15, 0.2) is 29.4 Å². The molecule has 1 aliphatic heterocycles. The molecule has 0 saturated heterocycles. The van der Waals surface area contributed by atoms with Gasteiger partial charge in [-0.3, -0.25) is 5.43 Å². The molecule has 0 unspecified atom stereocenters. The number of fused-ring (bicyclic) bond motifs is 1. The average molecular weight is 423 g/mol. The van der Waals surface area contributed by atoms with Gasteiger partial charge >= 0.3 is 0 Å². The van der Waals surface area contributed by atoms with Crippen LogP contribution in [0.3, 0.4) is 0 Å². The number of hydrogen-bond acceptors (Lipinski definition) is 5. The summed E-state index contributed by atoms with van der Waals surface area (Å²) in [6.45, 7) is 9.66. The van der Waals surface area contributed by atoms with Crippen LogP contribution in [0.2, 0.25) is 10.0 Å². The van der Waals surface area contributed by atoms with Crippen molar-refractivity contribution in [3.8, 4) is 17.2 Å². The quantitative estimate of drug-likeness (QED) is 0.404. The number of halogens is 2. The highest BCUT2D eigenvalue weighted by Gasteiger charge is 2.36. The summed E-state index contributed by atoms with van der Waals surface area (Å²) >= 11 is 12.4. The third-order valence-corrected chi connectivity index (χ3v) is 5.21. The van der Waals surface area contributed by atoms with Gasteiger partial charge in [0.2, 0.25) is 5.75 Å². The third-order valence-electron chi connectivity index (χ3n) is 4.58. The maximum absolute atomic E-state index is 10.6. The van der Waals surface area contributed by atoms with Crippen molar-refractivity contribution in [3.63, 3.8) is 0 Å². The van der Waals surface area contributed by atoms with E-state index < -0.39 is 5.60 Å². The van der Waals surface area contributed by atoms with Crippen molar-refractivity contribution in [2.75, 3.05) is 5.43 Å². The number of rotatable bonds is 2. The molecule has 1 aliphatic rings. The van der Waals surface area contributed by atoms with Crippen LogP contribution in [0.1, 0.15) is 52.2 Å². The number of aromatic hydroxyl groups is 2. The van der Waals surface area contributed by atoms with E-state index in [2.05, 4.69) is 10.5 Å². The van der Waals surface area contributed by atoms with E-state index in [1.165, 1.54) is 0 Å². The number of phenols is 2. The van der Waals surface area contributed by atoms with Crippen LogP contribution in [0.4, 0.5) is 5.69 Å². The Balaban J connectivity index is 2.15. The van der Waals surface area contributed by atoms with E-state index >= 15 is 0 Å². The molecular formula is C21H24Cl2N2O3. The van der Waals surface area contributed by atoms with E-state index in [1.807, 2.05) is 40.7 Å². The van der Waals surface area contributed by atoms with Gasteiger partial charge in [-0.05, 0) is 37.5 Å². The minimum atomic E-state index is -0.620.